The van der Waals surface area contributed by atoms with Gasteiger partial charge in [0.05, 0.1) is 0 Å². The third kappa shape index (κ3) is 3.44. The average molecular weight is 136 g/mol. The van der Waals surface area contributed by atoms with Crippen LogP contribution in [0.2, 0.25) is 0 Å². The van der Waals surface area contributed by atoms with Crippen molar-refractivity contribution >= 4 is 12.1 Å². The number of terminal acetylenes is 1. The Balaban J connectivity index is 4.21. The van der Waals surface area contributed by atoms with Crippen LogP contribution in [0.1, 0.15) is 6.92 Å². The highest BCUT2D eigenvalue weighted by molar-refractivity contribution is 6.26. The molecule has 0 amide bonds. The van der Waals surface area contributed by atoms with Crippen LogP contribution in [0.25, 0.3) is 0 Å². The van der Waals surface area contributed by atoms with Gasteiger partial charge in [-0.3, -0.25) is 4.79 Å². The van der Waals surface area contributed by atoms with E-state index < -0.39 is 0 Å². The molecule has 0 saturated carbocycles. The summed E-state index contributed by atoms with van der Waals surface area (Å²) in [4.78, 5) is 13.4. The first-order chi connectivity index (χ1) is 4.70. The lowest BCUT2D eigenvalue weighted by Crippen LogP contribution is -2.11. The number of hydrogen-bond acceptors (Lipinski definition) is 2. The van der Waals surface area contributed by atoms with Crippen LogP contribution in [-0.2, 0) is 4.79 Å². The molecule has 3 nitrogen and oxygen atoms in total. The zero-order valence-electron chi connectivity index (χ0n) is 5.66. The quantitative estimate of drug-likeness (QED) is 0.253. The molecule has 0 aliphatic carbocycles. The SMILES string of the molecule is C#C/C(C)=C/N=C(N)C=O. The van der Waals surface area contributed by atoms with Crippen LogP contribution in [0.4, 0.5) is 0 Å². The lowest BCUT2D eigenvalue weighted by molar-refractivity contribution is -0.102. The first-order valence-electron chi connectivity index (χ1n) is 2.62. The molecule has 0 bridgehead atoms. The number of aliphatic imine (C=N–C) groups is 1. The highest BCUT2D eigenvalue weighted by Gasteiger charge is 1.82. The van der Waals surface area contributed by atoms with Gasteiger partial charge in [-0.2, -0.15) is 0 Å². The molecule has 0 spiro atoms. The molecule has 0 aromatic carbocycles. The van der Waals surface area contributed by atoms with Crippen molar-refractivity contribution in [1.29, 1.82) is 0 Å². The molecule has 52 valence electrons. The smallest absolute Gasteiger partial charge is 0.184 e. The minimum absolute atomic E-state index is 0.0744. The molecule has 0 aliphatic heterocycles. The van der Waals surface area contributed by atoms with Crippen molar-refractivity contribution < 1.29 is 4.79 Å². The van der Waals surface area contributed by atoms with Gasteiger partial charge in [0.25, 0.3) is 0 Å². The third-order valence-corrected chi connectivity index (χ3v) is 0.756. The Labute approximate surface area is 59.6 Å². The summed E-state index contributed by atoms with van der Waals surface area (Å²) in [6.45, 7) is 1.70. The van der Waals surface area contributed by atoms with Gasteiger partial charge in [0.2, 0.25) is 0 Å². The van der Waals surface area contributed by atoms with Crippen LogP contribution in [0.3, 0.4) is 0 Å². The fourth-order valence-corrected chi connectivity index (χ4v) is 0.239. The van der Waals surface area contributed by atoms with E-state index in [1.807, 2.05) is 0 Å². The Hall–Kier alpha value is -1.56. The molecule has 0 radical (unpaired) electrons. The maximum atomic E-state index is 9.87. The van der Waals surface area contributed by atoms with Gasteiger partial charge >= 0.3 is 0 Å². The topological polar surface area (TPSA) is 55.4 Å². The summed E-state index contributed by atoms with van der Waals surface area (Å²) < 4.78 is 0. The van der Waals surface area contributed by atoms with Crippen molar-refractivity contribution in [2.45, 2.75) is 6.92 Å². The van der Waals surface area contributed by atoms with Gasteiger partial charge in [-0.15, -0.1) is 6.42 Å². The lowest BCUT2D eigenvalue weighted by atomic mass is 10.3. The molecule has 0 atom stereocenters. The summed E-state index contributed by atoms with van der Waals surface area (Å²) in [5.41, 5.74) is 5.67. The van der Waals surface area contributed by atoms with Crippen molar-refractivity contribution in [3.8, 4) is 12.3 Å². The maximum absolute atomic E-state index is 9.87. The molecule has 0 unspecified atom stereocenters. The normalized spacial score (nSPS) is 12.4. The summed E-state index contributed by atoms with van der Waals surface area (Å²) in [5, 5.41) is 0. The molecule has 0 fully saturated rings. The minimum Gasteiger partial charge on any atom is -0.381 e. The van der Waals surface area contributed by atoms with Crippen LogP contribution >= 0.6 is 0 Å². The minimum atomic E-state index is -0.0744. The van der Waals surface area contributed by atoms with Crippen LogP contribution in [0.15, 0.2) is 16.8 Å². The van der Waals surface area contributed by atoms with Crippen molar-refractivity contribution in [1.82, 2.24) is 0 Å². The van der Waals surface area contributed by atoms with Gasteiger partial charge in [0.15, 0.2) is 12.1 Å². The van der Waals surface area contributed by atoms with Crippen LogP contribution in [0, 0.1) is 12.3 Å². The molecular formula is C7H8N2O. The Kier molecular flexibility index (Phi) is 3.66. The van der Waals surface area contributed by atoms with E-state index in [-0.39, 0.29) is 5.84 Å². The van der Waals surface area contributed by atoms with Crippen molar-refractivity contribution in [2.75, 3.05) is 0 Å². The third-order valence-electron chi connectivity index (χ3n) is 0.756. The number of nitrogens with two attached hydrogens (primary N) is 1. The molecule has 2 N–H and O–H groups in total. The number of carbonyl (C=O) groups excluding carboxylic acids is 1. The first kappa shape index (κ1) is 8.44. The van der Waals surface area contributed by atoms with E-state index in [9.17, 15) is 4.79 Å². The van der Waals surface area contributed by atoms with Crippen molar-refractivity contribution in [3.63, 3.8) is 0 Å². The fraction of sp³-hybridized carbons (Fsp3) is 0.143. The number of amidine groups is 1. The van der Waals surface area contributed by atoms with E-state index in [1.54, 1.807) is 6.92 Å². The van der Waals surface area contributed by atoms with Gasteiger partial charge in [-0.1, -0.05) is 5.92 Å². The largest absolute Gasteiger partial charge is 0.381 e. The van der Waals surface area contributed by atoms with Gasteiger partial charge in [0, 0.05) is 11.8 Å². The van der Waals surface area contributed by atoms with Crippen LogP contribution in [0.5, 0.6) is 0 Å². The highest BCUT2D eigenvalue weighted by Crippen LogP contribution is 1.87. The maximum Gasteiger partial charge on any atom is 0.184 e. The second-order valence-electron chi connectivity index (χ2n) is 1.63. The van der Waals surface area contributed by atoms with Crippen molar-refractivity contribution in [2.24, 2.45) is 10.7 Å². The Morgan fingerprint density at radius 3 is 2.80 bits per heavy atom. The predicted molar refractivity (Wildman–Crippen MR) is 40.3 cm³/mol. The van der Waals surface area contributed by atoms with E-state index in [2.05, 4.69) is 10.9 Å². The summed E-state index contributed by atoms with van der Waals surface area (Å²) in [6.07, 6.45) is 6.81. The lowest BCUT2D eigenvalue weighted by Gasteiger charge is -1.83. The zero-order valence-corrected chi connectivity index (χ0v) is 5.66. The van der Waals surface area contributed by atoms with Gasteiger partial charge in [-0.05, 0) is 6.92 Å². The monoisotopic (exact) mass is 136 g/mol. The van der Waals surface area contributed by atoms with E-state index >= 15 is 0 Å². The summed E-state index contributed by atoms with van der Waals surface area (Å²) in [5.74, 6) is 2.25. The molecular weight excluding hydrogens is 128 g/mol. The van der Waals surface area contributed by atoms with E-state index in [0.717, 1.165) is 0 Å². The number of rotatable bonds is 2. The Bertz CT molecular complexity index is 220. The first-order valence-corrected chi connectivity index (χ1v) is 2.62. The number of aldehydes is 1. The average Bonchev–Trinajstić information content (AvgIpc) is 1.99. The van der Waals surface area contributed by atoms with Crippen molar-refractivity contribution in [3.05, 3.63) is 11.8 Å². The number of nitrogens with zero attached hydrogens (tertiary/aromatic N) is 1. The molecule has 10 heavy (non-hydrogen) atoms. The summed E-state index contributed by atoms with van der Waals surface area (Å²) >= 11 is 0. The standard InChI is InChI=1S/C7H8N2O/c1-3-6(2)4-9-7(8)5-10/h1,4-5H,2H3,(H2,8,9)/b6-4+. The van der Waals surface area contributed by atoms with E-state index in [1.165, 1.54) is 6.20 Å². The van der Waals surface area contributed by atoms with Crippen LogP contribution in [-0.4, -0.2) is 12.1 Å². The predicted octanol–water partition coefficient (Wildman–Crippen LogP) is 0.0795. The molecule has 3 heteroatoms. The van der Waals surface area contributed by atoms with Gasteiger partial charge in [0.1, 0.15) is 0 Å². The Morgan fingerprint density at radius 2 is 2.40 bits per heavy atom. The van der Waals surface area contributed by atoms with Gasteiger partial charge < -0.3 is 5.73 Å². The molecule has 0 aliphatic rings. The van der Waals surface area contributed by atoms with Gasteiger partial charge in [-0.25, -0.2) is 4.99 Å². The number of hydrogen-bond donors (Lipinski definition) is 1. The number of carbonyl (C=O) groups is 1. The molecule has 0 saturated heterocycles. The summed E-state index contributed by atoms with van der Waals surface area (Å²) in [6, 6.07) is 0. The van der Waals surface area contributed by atoms with Crippen LogP contribution < -0.4 is 5.73 Å². The van der Waals surface area contributed by atoms with E-state index in [0.29, 0.717) is 11.9 Å². The molecule has 0 heterocycles. The Morgan fingerprint density at radius 1 is 1.80 bits per heavy atom. The highest BCUT2D eigenvalue weighted by atomic mass is 16.1. The molecule has 0 aromatic rings. The summed E-state index contributed by atoms with van der Waals surface area (Å²) in [7, 11) is 0. The molecule has 0 aromatic heterocycles. The number of allylic oxidation sites excluding steroid dienone is 1. The second-order valence-corrected chi connectivity index (χ2v) is 1.63. The zero-order chi connectivity index (χ0) is 7.98. The van der Waals surface area contributed by atoms with E-state index in [4.69, 9.17) is 12.2 Å². The molecule has 0 rings (SSSR count). The second kappa shape index (κ2) is 4.33. The fourth-order valence-electron chi connectivity index (χ4n) is 0.239.